The highest BCUT2D eigenvalue weighted by molar-refractivity contribution is 6.10. The largest absolute Gasteiger partial charge is 0.497 e. The molecule has 31 heavy (non-hydrogen) atoms. The number of amides is 1. The number of nitrogens with one attached hydrogen (secondary N) is 2. The number of nitrogens with zero attached hydrogens (tertiary/aromatic N) is 3. The number of aromatic nitrogens is 1. The molecule has 3 aliphatic rings. The number of ether oxygens (including phenoxy) is 1. The summed E-state index contributed by atoms with van der Waals surface area (Å²) in [6.45, 7) is 3.21. The average molecular weight is 420 g/mol. The molecule has 3 heterocycles. The van der Waals surface area contributed by atoms with Crippen LogP contribution in [0.15, 0.2) is 41.5 Å². The molecular weight excluding hydrogens is 390 g/mol. The second kappa shape index (κ2) is 7.87. The number of rotatable bonds is 3. The topological polar surface area (TPSA) is 78.8 Å². The summed E-state index contributed by atoms with van der Waals surface area (Å²) in [4.78, 5) is 24.9. The summed E-state index contributed by atoms with van der Waals surface area (Å²) < 4.78 is 5.29. The molecule has 1 atom stereocenters. The lowest BCUT2D eigenvalue weighted by Gasteiger charge is -2.38. The van der Waals surface area contributed by atoms with Gasteiger partial charge in [-0.1, -0.05) is 12.8 Å². The number of hydrogen-bond donors (Lipinski definition) is 2. The van der Waals surface area contributed by atoms with Crippen molar-refractivity contribution in [3.8, 4) is 5.75 Å². The number of amidine groups is 1. The fourth-order valence-electron chi connectivity index (χ4n) is 4.98. The van der Waals surface area contributed by atoms with E-state index in [4.69, 9.17) is 9.73 Å². The van der Waals surface area contributed by atoms with Crippen LogP contribution in [0.5, 0.6) is 5.75 Å². The number of anilines is 2. The van der Waals surface area contributed by atoms with Crippen molar-refractivity contribution in [2.75, 3.05) is 30.8 Å². The molecule has 162 valence electrons. The van der Waals surface area contributed by atoms with Crippen molar-refractivity contribution in [2.45, 2.75) is 50.6 Å². The van der Waals surface area contributed by atoms with Gasteiger partial charge in [-0.2, -0.15) is 0 Å². The quantitative estimate of drug-likeness (QED) is 0.790. The van der Waals surface area contributed by atoms with Crippen molar-refractivity contribution in [3.05, 3.63) is 47.7 Å². The second-order valence-electron chi connectivity index (χ2n) is 8.81. The lowest BCUT2D eigenvalue weighted by atomic mass is 9.93. The number of benzene rings is 1. The zero-order valence-corrected chi connectivity index (χ0v) is 18.1. The Morgan fingerprint density at radius 2 is 2.13 bits per heavy atom. The van der Waals surface area contributed by atoms with E-state index in [0.717, 1.165) is 53.5 Å². The first-order chi connectivity index (χ1) is 15.1. The molecule has 2 aromatic rings. The summed E-state index contributed by atoms with van der Waals surface area (Å²) in [5, 5.41) is 7.20. The van der Waals surface area contributed by atoms with Crippen LogP contribution in [0.4, 0.5) is 11.5 Å². The van der Waals surface area contributed by atoms with Crippen LogP contribution in [0.3, 0.4) is 0 Å². The highest BCUT2D eigenvalue weighted by Crippen LogP contribution is 2.37. The molecule has 0 bridgehead atoms. The van der Waals surface area contributed by atoms with Gasteiger partial charge in [0.15, 0.2) is 5.82 Å². The Labute approximate surface area is 182 Å². The van der Waals surface area contributed by atoms with Gasteiger partial charge in [-0.15, -0.1) is 0 Å². The Morgan fingerprint density at radius 1 is 1.29 bits per heavy atom. The highest BCUT2D eigenvalue weighted by Gasteiger charge is 2.47. The van der Waals surface area contributed by atoms with Gasteiger partial charge in [0.25, 0.3) is 5.91 Å². The van der Waals surface area contributed by atoms with Crippen molar-refractivity contribution in [3.63, 3.8) is 0 Å². The third kappa shape index (κ3) is 3.62. The van der Waals surface area contributed by atoms with E-state index in [1.165, 1.54) is 12.8 Å². The molecule has 0 radical (unpaired) electrons. The Morgan fingerprint density at radius 3 is 2.90 bits per heavy atom. The minimum Gasteiger partial charge on any atom is -0.497 e. The van der Waals surface area contributed by atoms with Gasteiger partial charge in [-0.25, -0.2) is 4.98 Å². The summed E-state index contributed by atoms with van der Waals surface area (Å²) in [7, 11) is 1.64. The fraction of sp³-hybridized carbons (Fsp3) is 0.458. The monoisotopic (exact) mass is 419 g/mol. The molecule has 2 N–H and O–H groups in total. The van der Waals surface area contributed by atoms with Gasteiger partial charge in [-0.3, -0.25) is 9.79 Å². The van der Waals surface area contributed by atoms with Gasteiger partial charge in [-0.05, 0) is 62.1 Å². The summed E-state index contributed by atoms with van der Waals surface area (Å²) in [5.41, 5.74) is 2.20. The van der Waals surface area contributed by atoms with E-state index in [0.29, 0.717) is 19.1 Å². The molecule has 7 heteroatoms. The van der Waals surface area contributed by atoms with Crippen LogP contribution in [-0.2, 0) is 0 Å². The van der Waals surface area contributed by atoms with Gasteiger partial charge in [0.2, 0.25) is 0 Å². The van der Waals surface area contributed by atoms with Crippen molar-refractivity contribution in [1.29, 1.82) is 0 Å². The molecule has 2 fully saturated rings. The number of aryl methyl sites for hydroxylation is 1. The van der Waals surface area contributed by atoms with Crippen LogP contribution in [0, 0.1) is 6.92 Å². The minimum atomic E-state index is -0.408. The molecule has 2 aliphatic heterocycles. The maximum Gasteiger partial charge on any atom is 0.254 e. The number of hydrogen-bond acceptors (Lipinski definition) is 5. The maximum atomic E-state index is 13.4. The summed E-state index contributed by atoms with van der Waals surface area (Å²) in [6.07, 6.45) is 7.32. The van der Waals surface area contributed by atoms with Gasteiger partial charge in [0.05, 0.1) is 25.4 Å². The number of pyridine rings is 1. The van der Waals surface area contributed by atoms with Gasteiger partial charge in [0, 0.05) is 18.3 Å². The SMILES string of the molecule is COc1ccc(C(=O)N2CCC3(C2)Nc2cccnc2NC3=NC2CCCC2)c(C)c1. The molecule has 1 saturated carbocycles. The number of fused-ring (bicyclic) bond motifs is 1. The van der Waals surface area contributed by atoms with Gasteiger partial charge in [0.1, 0.15) is 17.1 Å². The highest BCUT2D eigenvalue weighted by atomic mass is 16.5. The van der Waals surface area contributed by atoms with E-state index >= 15 is 0 Å². The van der Waals surface area contributed by atoms with Crippen LogP contribution >= 0.6 is 0 Å². The predicted octanol–water partition coefficient (Wildman–Crippen LogP) is 3.86. The Bertz CT molecular complexity index is 1030. The molecule has 1 aliphatic carbocycles. The van der Waals surface area contributed by atoms with E-state index in [9.17, 15) is 4.79 Å². The van der Waals surface area contributed by atoms with Crippen molar-refractivity contribution in [2.24, 2.45) is 4.99 Å². The Balaban J connectivity index is 1.44. The molecule has 5 rings (SSSR count). The molecular formula is C24H29N5O2. The summed E-state index contributed by atoms with van der Waals surface area (Å²) >= 11 is 0. The third-order valence-electron chi connectivity index (χ3n) is 6.73. The first-order valence-corrected chi connectivity index (χ1v) is 11.1. The first-order valence-electron chi connectivity index (χ1n) is 11.1. The number of carbonyl (C=O) groups is 1. The van der Waals surface area contributed by atoms with Crippen LogP contribution < -0.4 is 15.4 Å². The van der Waals surface area contributed by atoms with E-state index in [1.807, 2.05) is 42.2 Å². The molecule has 1 aromatic carbocycles. The smallest absolute Gasteiger partial charge is 0.254 e. The Hall–Kier alpha value is -3.09. The predicted molar refractivity (Wildman–Crippen MR) is 122 cm³/mol. The molecule has 1 amide bonds. The summed E-state index contributed by atoms with van der Waals surface area (Å²) in [5.74, 6) is 2.55. The van der Waals surface area contributed by atoms with E-state index in [1.54, 1.807) is 13.3 Å². The lowest BCUT2D eigenvalue weighted by molar-refractivity contribution is 0.0788. The molecule has 1 aromatic heterocycles. The number of likely N-dealkylation sites (tertiary alicyclic amines) is 1. The minimum absolute atomic E-state index is 0.0519. The normalized spacial score (nSPS) is 24.2. The Kier molecular flexibility index (Phi) is 5.04. The second-order valence-corrected chi connectivity index (χ2v) is 8.81. The number of aliphatic imine (C=N–C) groups is 1. The molecule has 1 spiro atoms. The maximum absolute atomic E-state index is 13.4. The number of carbonyl (C=O) groups excluding carboxylic acids is 1. The van der Waals surface area contributed by atoms with Gasteiger partial charge >= 0.3 is 0 Å². The molecule has 7 nitrogen and oxygen atoms in total. The number of methoxy groups -OCH3 is 1. The van der Waals surface area contributed by atoms with Crippen LogP contribution in [-0.4, -0.2) is 53.4 Å². The zero-order valence-electron chi connectivity index (χ0n) is 18.1. The third-order valence-corrected chi connectivity index (χ3v) is 6.73. The molecule has 1 saturated heterocycles. The van der Waals surface area contributed by atoms with E-state index in [-0.39, 0.29) is 5.91 Å². The average Bonchev–Trinajstić information content (AvgIpc) is 3.44. The van der Waals surface area contributed by atoms with Gasteiger partial charge < -0.3 is 20.3 Å². The van der Waals surface area contributed by atoms with E-state index < -0.39 is 5.54 Å². The van der Waals surface area contributed by atoms with E-state index in [2.05, 4.69) is 15.6 Å². The van der Waals surface area contributed by atoms with Crippen LogP contribution in [0.2, 0.25) is 0 Å². The van der Waals surface area contributed by atoms with Crippen molar-refractivity contribution in [1.82, 2.24) is 9.88 Å². The van der Waals surface area contributed by atoms with Crippen LogP contribution in [0.25, 0.3) is 0 Å². The van der Waals surface area contributed by atoms with Crippen LogP contribution in [0.1, 0.15) is 48.0 Å². The standard InChI is InChI=1S/C24H29N5O2/c1-16-14-18(31-2)9-10-19(16)22(30)29-13-11-24(15-29)23(26-17-6-3-4-7-17)27-21-20(28-24)8-5-12-25-21/h5,8-10,12,14,17,28H,3-4,6-7,11,13,15H2,1-2H3,(H,25,26,27). The fourth-order valence-corrected chi connectivity index (χ4v) is 4.98. The first kappa shape index (κ1) is 19.8. The molecule has 1 unspecified atom stereocenters. The summed E-state index contributed by atoms with van der Waals surface area (Å²) in [6, 6.07) is 9.93. The zero-order chi connectivity index (χ0) is 21.4. The van der Waals surface area contributed by atoms with Crippen molar-refractivity contribution < 1.29 is 9.53 Å². The lowest BCUT2D eigenvalue weighted by Crippen LogP contribution is -2.55. The van der Waals surface area contributed by atoms with Crippen molar-refractivity contribution >= 4 is 23.2 Å².